The largest absolute Gasteiger partial charge is 0.494 e. The molecule has 36 heavy (non-hydrogen) atoms. The standard InChI is InChI=1S/C26H22N4O4S2/c1-3-33-15-9-11-19-21(13-15)35-25(27-19)29-23(31)17-7-5-6-8-18(17)24(32)30-26-28-20-12-10-16(34-4-2)14-22(20)36-26/h5-14H,3-4H2,1-2H3,(H,27,29,31)(H,28,30,32). The summed E-state index contributed by atoms with van der Waals surface area (Å²) in [6.45, 7) is 4.98. The monoisotopic (exact) mass is 518 g/mol. The highest BCUT2D eigenvalue weighted by Crippen LogP contribution is 2.31. The Morgan fingerprint density at radius 1 is 0.722 bits per heavy atom. The zero-order valence-corrected chi connectivity index (χ0v) is 21.2. The van der Waals surface area contributed by atoms with Crippen molar-refractivity contribution in [1.82, 2.24) is 9.97 Å². The molecule has 2 aromatic heterocycles. The maximum atomic E-state index is 13.1. The molecule has 0 saturated heterocycles. The van der Waals surface area contributed by atoms with Gasteiger partial charge < -0.3 is 9.47 Å². The van der Waals surface area contributed by atoms with Crippen LogP contribution < -0.4 is 20.1 Å². The van der Waals surface area contributed by atoms with Crippen LogP contribution in [0.3, 0.4) is 0 Å². The maximum Gasteiger partial charge on any atom is 0.258 e. The zero-order valence-electron chi connectivity index (χ0n) is 19.5. The van der Waals surface area contributed by atoms with Gasteiger partial charge in [0.1, 0.15) is 11.5 Å². The number of rotatable bonds is 8. The second-order valence-corrected chi connectivity index (χ2v) is 9.68. The van der Waals surface area contributed by atoms with Gasteiger partial charge >= 0.3 is 0 Å². The van der Waals surface area contributed by atoms with E-state index in [1.807, 2.05) is 50.2 Å². The second kappa shape index (κ2) is 10.3. The minimum Gasteiger partial charge on any atom is -0.494 e. The Balaban J connectivity index is 1.34. The second-order valence-electron chi connectivity index (χ2n) is 7.62. The van der Waals surface area contributed by atoms with Crippen molar-refractivity contribution >= 4 is 65.2 Å². The van der Waals surface area contributed by atoms with Crippen molar-refractivity contribution < 1.29 is 19.1 Å². The van der Waals surface area contributed by atoms with Gasteiger partial charge in [0.2, 0.25) is 0 Å². The number of thiazole rings is 2. The van der Waals surface area contributed by atoms with Crippen molar-refractivity contribution in [3.05, 3.63) is 71.8 Å². The summed E-state index contributed by atoms with van der Waals surface area (Å²) >= 11 is 2.68. The number of hydrogen-bond acceptors (Lipinski definition) is 8. The lowest BCUT2D eigenvalue weighted by Gasteiger charge is -2.08. The smallest absolute Gasteiger partial charge is 0.258 e. The summed E-state index contributed by atoms with van der Waals surface area (Å²) in [5, 5.41) is 6.52. The van der Waals surface area contributed by atoms with E-state index in [0.29, 0.717) is 23.5 Å². The minimum atomic E-state index is -0.421. The Morgan fingerprint density at radius 3 is 1.58 bits per heavy atom. The fraction of sp³-hybridized carbons (Fsp3) is 0.154. The van der Waals surface area contributed by atoms with E-state index < -0.39 is 11.8 Å². The molecule has 0 spiro atoms. The number of fused-ring (bicyclic) bond motifs is 2. The number of carbonyl (C=O) groups is 2. The molecule has 0 aliphatic heterocycles. The molecule has 0 unspecified atom stereocenters. The number of ether oxygens (including phenoxy) is 2. The van der Waals surface area contributed by atoms with Crippen LogP contribution in [0.5, 0.6) is 11.5 Å². The van der Waals surface area contributed by atoms with E-state index >= 15 is 0 Å². The first kappa shape index (κ1) is 23.7. The Kier molecular flexibility index (Phi) is 6.79. The quantitative estimate of drug-likeness (QED) is 0.253. The number of nitrogens with zero attached hydrogens (tertiary/aromatic N) is 2. The third-order valence-corrected chi connectivity index (χ3v) is 7.07. The molecular weight excluding hydrogens is 496 g/mol. The molecule has 2 N–H and O–H groups in total. The van der Waals surface area contributed by atoms with Crippen LogP contribution in [0.25, 0.3) is 20.4 Å². The van der Waals surface area contributed by atoms with Crippen LogP contribution in [-0.4, -0.2) is 35.0 Å². The topological polar surface area (TPSA) is 102 Å². The fourth-order valence-corrected chi connectivity index (χ4v) is 5.42. The fourth-order valence-electron chi connectivity index (χ4n) is 3.64. The van der Waals surface area contributed by atoms with E-state index in [0.717, 1.165) is 31.9 Å². The molecule has 0 aliphatic rings. The van der Waals surface area contributed by atoms with Crippen molar-refractivity contribution in [3.8, 4) is 11.5 Å². The van der Waals surface area contributed by atoms with Crippen molar-refractivity contribution in [1.29, 1.82) is 0 Å². The summed E-state index contributed by atoms with van der Waals surface area (Å²) in [7, 11) is 0. The van der Waals surface area contributed by atoms with E-state index in [4.69, 9.17) is 9.47 Å². The summed E-state index contributed by atoms with van der Waals surface area (Å²) < 4.78 is 12.9. The number of amides is 2. The van der Waals surface area contributed by atoms with Gasteiger partial charge in [-0.3, -0.25) is 20.2 Å². The van der Waals surface area contributed by atoms with Crippen molar-refractivity contribution in [2.45, 2.75) is 13.8 Å². The van der Waals surface area contributed by atoms with Crippen LogP contribution in [-0.2, 0) is 0 Å². The summed E-state index contributed by atoms with van der Waals surface area (Å²) in [4.78, 5) is 35.2. The predicted octanol–water partition coefficient (Wildman–Crippen LogP) is 6.21. The lowest BCUT2D eigenvalue weighted by molar-refractivity contribution is 0.0990. The molecule has 8 nitrogen and oxygen atoms in total. The zero-order chi connectivity index (χ0) is 25.1. The van der Waals surface area contributed by atoms with E-state index in [1.54, 1.807) is 24.3 Å². The molecule has 5 rings (SSSR count). The van der Waals surface area contributed by atoms with Gasteiger partial charge in [0.25, 0.3) is 11.8 Å². The van der Waals surface area contributed by atoms with Crippen LogP contribution in [0.4, 0.5) is 10.3 Å². The van der Waals surface area contributed by atoms with Gasteiger partial charge in [0, 0.05) is 0 Å². The molecule has 0 saturated carbocycles. The molecule has 10 heteroatoms. The van der Waals surface area contributed by atoms with Gasteiger partial charge in [-0.15, -0.1) is 0 Å². The maximum absolute atomic E-state index is 13.1. The molecule has 2 heterocycles. The van der Waals surface area contributed by atoms with Gasteiger partial charge in [0.05, 0.1) is 44.8 Å². The van der Waals surface area contributed by atoms with E-state index in [9.17, 15) is 9.59 Å². The van der Waals surface area contributed by atoms with Crippen LogP contribution >= 0.6 is 22.7 Å². The molecule has 0 fully saturated rings. The first-order valence-electron chi connectivity index (χ1n) is 11.3. The Labute approximate surface area is 214 Å². The van der Waals surface area contributed by atoms with Gasteiger partial charge in [-0.25, -0.2) is 9.97 Å². The van der Waals surface area contributed by atoms with Crippen LogP contribution in [0.2, 0.25) is 0 Å². The highest BCUT2D eigenvalue weighted by molar-refractivity contribution is 7.22. The van der Waals surface area contributed by atoms with Crippen LogP contribution in [0.15, 0.2) is 60.7 Å². The molecule has 0 radical (unpaired) electrons. The summed E-state index contributed by atoms with van der Waals surface area (Å²) in [6.07, 6.45) is 0. The highest BCUT2D eigenvalue weighted by atomic mass is 32.1. The molecular formula is C26H22N4O4S2. The number of benzene rings is 3. The number of nitrogens with one attached hydrogen (secondary N) is 2. The van der Waals surface area contributed by atoms with Crippen molar-refractivity contribution in [2.24, 2.45) is 0 Å². The third kappa shape index (κ3) is 5.00. The van der Waals surface area contributed by atoms with Gasteiger partial charge in [-0.2, -0.15) is 0 Å². The van der Waals surface area contributed by atoms with Gasteiger partial charge in [-0.05, 0) is 62.4 Å². The average Bonchev–Trinajstić information content (AvgIpc) is 3.46. The number of anilines is 2. The molecule has 0 atom stereocenters. The van der Waals surface area contributed by atoms with E-state index in [2.05, 4.69) is 20.6 Å². The highest BCUT2D eigenvalue weighted by Gasteiger charge is 2.19. The van der Waals surface area contributed by atoms with Crippen molar-refractivity contribution in [2.75, 3.05) is 23.8 Å². The first-order valence-corrected chi connectivity index (χ1v) is 13.0. The molecule has 3 aromatic carbocycles. The molecule has 182 valence electrons. The average molecular weight is 519 g/mol. The summed E-state index contributed by atoms with van der Waals surface area (Å²) in [6, 6.07) is 17.8. The van der Waals surface area contributed by atoms with E-state index in [1.165, 1.54) is 22.7 Å². The molecule has 5 aromatic rings. The van der Waals surface area contributed by atoms with Crippen LogP contribution in [0, 0.1) is 0 Å². The lowest BCUT2D eigenvalue weighted by atomic mass is 10.1. The molecule has 0 aliphatic carbocycles. The number of carbonyl (C=O) groups excluding carboxylic acids is 2. The molecule has 0 bridgehead atoms. The SMILES string of the molecule is CCOc1ccc2nc(NC(=O)c3ccccc3C(=O)Nc3nc4ccc(OCC)cc4s3)sc2c1. The van der Waals surface area contributed by atoms with E-state index in [-0.39, 0.29) is 11.1 Å². The normalized spacial score (nSPS) is 10.9. The minimum absolute atomic E-state index is 0.240. The van der Waals surface area contributed by atoms with Crippen LogP contribution in [0.1, 0.15) is 34.6 Å². The number of aromatic nitrogens is 2. The van der Waals surface area contributed by atoms with Gasteiger partial charge in [0.15, 0.2) is 10.3 Å². The van der Waals surface area contributed by atoms with Crippen molar-refractivity contribution in [3.63, 3.8) is 0 Å². The van der Waals surface area contributed by atoms with Gasteiger partial charge in [-0.1, -0.05) is 34.8 Å². The summed E-state index contributed by atoms with van der Waals surface area (Å²) in [5.74, 6) is 0.654. The summed E-state index contributed by atoms with van der Waals surface area (Å²) in [5.41, 5.74) is 1.99. The number of hydrogen-bond donors (Lipinski definition) is 2. The Hall–Kier alpha value is -4.02. The third-order valence-electron chi connectivity index (χ3n) is 5.20. The molecule has 2 amide bonds. The predicted molar refractivity (Wildman–Crippen MR) is 144 cm³/mol. The Bertz CT molecular complexity index is 1460. The first-order chi connectivity index (χ1) is 17.5. The Morgan fingerprint density at radius 2 is 1.17 bits per heavy atom. The lowest BCUT2D eigenvalue weighted by Crippen LogP contribution is -2.20.